The van der Waals surface area contributed by atoms with Gasteiger partial charge >= 0.3 is 0 Å². The highest BCUT2D eigenvalue weighted by atomic mass is 35.6. The lowest BCUT2D eigenvalue weighted by Crippen LogP contribution is -2.09. The first kappa shape index (κ1) is 8.16. The molecule has 46 valence electrons. The van der Waals surface area contributed by atoms with E-state index < -0.39 is 3.79 Å². The van der Waals surface area contributed by atoms with Crippen LogP contribution in [0.25, 0.3) is 0 Å². The summed E-state index contributed by atoms with van der Waals surface area (Å²) < 4.78 is 2.63. The van der Waals surface area contributed by atoms with E-state index in [1.807, 2.05) is 0 Å². The van der Waals surface area contributed by atoms with Crippen LogP contribution in [0.4, 0.5) is 0 Å². The fourth-order valence-corrected chi connectivity index (χ4v) is 0.278. The fraction of sp³-hybridized carbons (Fsp3) is 0.667. The number of ether oxygens (including phenoxy) is 1. The van der Waals surface area contributed by atoms with Crippen molar-refractivity contribution >= 4 is 34.8 Å². The minimum atomic E-state index is -1.48. The summed E-state index contributed by atoms with van der Waals surface area (Å²) in [6, 6.07) is 0. The number of nitrogens with zero attached hydrogens (tertiary/aromatic N) is 1. The number of alkyl halides is 3. The molecule has 0 radical (unpaired) electrons. The second-order valence-corrected chi connectivity index (χ2v) is 3.51. The smallest absolute Gasteiger partial charge is 0.286 e. The lowest BCUT2D eigenvalue weighted by Gasteiger charge is -2.05. The zero-order valence-corrected chi connectivity index (χ0v) is 5.96. The van der Waals surface area contributed by atoms with Crippen molar-refractivity contribution < 1.29 is 4.74 Å². The molecule has 0 bridgehead atoms. The predicted molar refractivity (Wildman–Crippen MR) is 31.9 cm³/mol. The number of nitriles is 1. The average Bonchev–Trinajstić information content (AvgIpc) is 1.59. The summed E-state index contributed by atoms with van der Waals surface area (Å²) in [6.07, 6.45) is 1.37. The second kappa shape index (κ2) is 3.24. The SMILES string of the molecule is N#COCC(Cl)(Cl)Cl. The van der Waals surface area contributed by atoms with E-state index in [2.05, 4.69) is 4.74 Å². The molecule has 0 aromatic rings. The highest BCUT2D eigenvalue weighted by Crippen LogP contribution is 2.25. The Morgan fingerprint density at radius 2 is 2.00 bits per heavy atom. The molecule has 2 nitrogen and oxygen atoms in total. The van der Waals surface area contributed by atoms with E-state index in [-0.39, 0.29) is 6.61 Å². The Hall–Kier alpha value is 0.160. The molecular weight excluding hydrogens is 172 g/mol. The third-order valence-corrected chi connectivity index (χ3v) is 0.628. The van der Waals surface area contributed by atoms with Crippen molar-refractivity contribution in [3.63, 3.8) is 0 Å². The maximum atomic E-state index is 7.78. The molecule has 0 fully saturated rings. The van der Waals surface area contributed by atoms with Gasteiger partial charge in [0.15, 0.2) is 0 Å². The van der Waals surface area contributed by atoms with E-state index in [4.69, 9.17) is 40.1 Å². The molecule has 0 aliphatic heterocycles. The lowest BCUT2D eigenvalue weighted by atomic mass is 10.8. The predicted octanol–water partition coefficient (Wildman–Crippen LogP) is 1.85. The summed E-state index contributed by atoms with van der Waals surface area (Å²) in [4.78, 5) is 0. The number of rotatable bonds is 1. The van der Waals surface area contributed by atoms with Crippen LogP contribution in [0.1, 0.15) is 0 Å². The monoisotopic (exact) mass is 173 g/mol. The van der Waals surface area contributed by atoms with E-state index in [1.54, 1.807) is 0 Å². The first-order valence-corrected chi connectivity index (χ1v) is 2.77. The van der Waals surface area contributed by atoms with Crippen LogP contribution in [0, 0.1) is 11.5 Å². The molecule has 0 aliphatic rings. The van der Waals surface area contributed by atoms with Crippen molar-refractivity contribution in [2.24, 2.45) is 0 Å². The molecule has 0 heterocycles. The van der Waals surface area contributed by atoms with E-state index in [9.17, 15) is 0 Å². The van der Waals surface area contributed by atoms with E-state index in [0.717, 1.165) is 0 Å². The second-order valence-electron chi connectivity index (χ2n) is 0.995. The van der Waals surface area contributed by atoms with Crippen LogP contribution in [-0.4, -0.2) is 10.4 Å². The van der Waals surface area contributed by atoms with Gasteiger partial charge in [-0.05, 0) is 0 Å². The molecule has 0 aromatic carbocycles. The van der Waals surface area contributed by atoms with Gasteiger partial charge in [0.1, 0.15) is 6.61 Å². The van der Waals surface area contributed by atoms with Crippen LogP contribution in [0.3, 0.4) is 0 Å². The van der Waals surface area contributed by atoms with Gasteiger partial charge in [-0.2, -0.15) is 5.26 Å². The highest BCUT2D eigenvalue weighted by Gasteiger charge is 2.19. The summed E-state index contributed by atoms with van der Waals surface area (Å²) in [6.45, 7) is -0.200. The van der Waals surface area contributed by atoms with E-state index >= 15 is 0 Å². The van der Waals surface area contributed by atoms with Crippen molar-refractivity contribution in [3.05, 3.63) is 0 Å². The number of hydrogen-bond donors (Lipinski definition) is 0. The Kier molecular flexibility index (Phi) is 3.30. The largest absolute Gasteiger partial charge is 0.423 e. The van der Waals surface area contributed by atoms with E-state index in [0.29, 0.717) is 0 Å². The molecule has 0 saturated heterocycles. The molecule has 0 aromatic heterocycles. The number of halogens is 3. The summed E-state index contributed by atoms with van der Waals surface area (Å²) in [5.41, 5.74) is 0. The van der Waals surface area contributed by atoms with Crippen LogP contribution in [-0.2, 0) is 4.74 Å². The summed E-state index contributed by atoms with van der Waals surface area (Å²) in [7, 11) is 0. The van der Waals surface area contributed by atoms with Crippen molar-refractivity contribution in [1.82, 2.24) is 0 Å². The van der Waals surface area contributed by atoms with Gasteiger partial charge in [-0.25, -0.2) is 0 Å². The molecule has 5 heteroatoms. The molecule has 0 rings (SSSR count). The highest BCUT2D eigenvalue weighted by molar-refractivity contribution is 6.67. The summed E-state index contributed by atoms with van der Waals surface area (Å²) in [5, 5.41) is 7.78. The average molecular weight is 174 g/mol. The van der Waals surface area contributed by atoms with Crippen molar-refractivity contribution in [2.75, 3.05) is 6.61 Å². The van der Waals surface area contributed by atoms with Gasteiger partial charge in [0, 0.05) is 0 Å². The lowest BCUT2D eigenvalue weighted by molar-refractivity contribution is 0.278. The quantitative estimate of drug-likeness (QED) is 0.449. The maximum Gasteiger partial charge on any atom is 0.286 e. The fourth-order valence-electron chi connectivity index (χ4n) is 0.114. The topological polar surface area (TPSA) is 33.0 Å². The van der Waals surface area contributed by atoms with Gasteiger partial charge in [-0.15, -0.1) is 0 Å². The molecular formula is C3H2Cl3NO. The van der Waals surface area contributed by atoms with Crippen molar-refractivity contribution in [3.8, 4) is 6.26 Å². The van der Waals surface area contributed by atoms with Crippen LogP contribution >= 0.6 is 34.8 Å². The van der Waals surface area contributed by atoms with Crippen LogP contribution in [0.5, 0.6) is 0 Å². The first-order valence-electron chi connectivity index (χ1n) is 1.64. The number of hydrogen-bond acceptors (Lipinski definition) is 2. The zero-order valence-electron chi connectivity index (χ0n) is 3.70. The Balaban J connectivity index is 3.28. The Labute approximate surface area is 61.9 Å². The van der Waals surface area contributed by atoms with Gasteiger partial charge in [0.05, 0.1) is 0 Å². The summed E-state index contributed by atoms with van der Waals surface area (Å²) >= 11 is 15.5. The van der Waals surface area contributed by atoms with E-state index in [1.165, 1.54) is 6.26 Å². The Morgan fingerprint density at radius 1 is 1.50 bits per heavy atom. The molecule has 0 N–H and O–H groups in total. The third kappa shape index (κ3) is 6.16. The molecule has 0 aliphatic carbocycles. The summed E-state index contributed by atoms with van der Waals surface area (Å²) in [5.74, 6) is 0. The minimum absolute atomic E-state index is 0.200. The molecule has 0 saturated carbocycles. The van der Waals surface area contributed by atoms with Crippen LogP contribution < -0.4 is 0 Å². The van der Waals surface area contributed by atoms with Gasteiger partial charge < -0.3 is 4.74 Å². The molecule has 0 spiro atoms. The standard InChI is InChI=1S/C3H2Cl3NO/c4-3(5,6)1-8-2-7/h1H2. The zero-order chi connectivity index (χ0) is 6.62. The first-order chi connectivity index (χ1) is 3.56. The van der Waals surface area contributed by atoms with Crippen molar-refractivity contribution in [2.45, 2.75) is 3.79 Å². The Bertz CT molecular complexity index is 102. The normalized spacial score (nSPS) is 10.2. The van der Waals surface area contributed by atoms with Gasteiger partial charge in [-0.1, -0.05) is 34.8 Å². The maximum absolute atomic E-state index is 7.78. The minimum Gasteiger partial charge on any atom is -0.423 e. The molecule has 8 heavy (non-hydrogen) atoms. The third-order valence-electron chi connectivity index (χ3n) is 0.300. The van der Waals surface area contributed by atoms with Gasteiger partial charge in [0.2, 0.25) is 3.79 Å². The molecule has 0 atom stereocenters. The van der Waals surface area contributed by atoms with Crippen LogP contribution in [0.2, 0.25) is 0 Å². The van der Waals surface area contributed by atoms with Gasteiger partial charge in [-0.3, -0.25) is 0 Å². The molecule has 0 unspecified atom stereocenters. The van der Waals surface area contributed by atoms with Crippen LogP contribution in [0.15, 0.2) is 0 Å². The molecule has 0 amide bonds. The van der Waals surface area contributed by atoms with Gasteiger partial charge in [0.25, 0.3) is 6.26 Å². The van der Waals surface area contributed by atoms with Crippen molar-refractivity contribution in [1.29, 1.82) is 5.26 Å². The Morgan fingerprint density at radius 3 is 2.12 bits per heavy atom.